The highest BCUT2D eigenvalue weighted by molar-refractivity contribution is 7.94. The number of nitrogens with one attached hydrogen (secondary N) is 2. The molecule has 0 aliphatic rings. The lowest BCUT2D eigenvalue weighted by Crippen LogP contribution is -2.22. The van der Waals surface area contributed by atoms with Crippen LogP contribution in [0.25, 0.3) is 0 Å². The molecule has 0 bridgehead atoms. The van der Waals surface area contributed by atoms with Gasteiger partial charge in [0.15, 0.2) is 0 Å². The van der Waals surface area contributed by atoms with Crippen molar-refractivity contribution in [2.75, 3.05) is 4.72 Å². The Kier molecular flexibility index (Phi) is 6.11. The summed E-state index contributed by atoms with van der Waals surface area (Å²) in [6, 6.07) is 10.5. The van der Waals surface area contributed by atoms with E-state index in [9.17, 15) is 9.35 Å². The Labute approximate surface area is 169 Å². The van der Waals surface area contributed by atoms with Gasteiger partial charge < -0.3 is 5.32 Å². The van der Waals surface area contributed by atoms with Crippen molar-refractivity contribution in [3.63, 3.8) is 0 Å². The van der Waals surface area contributed by atoms with Gasteiger partial charge >= 0.3 is 11.4 Å². The molecule has 3 aromatic rings. The van der Waals surface area contributed by atoms with Crippen LogP contribution in [-0.4, -0.2) is 20.2 Å². The van der Waals surface area contributed by atoms with Crippen LogP contribution in [0.1, 0.15) is 26.6 Å². The Bertz CT molecular complexity index is 953. The molecule has 0 spiro atoms. The van der Waals surface area contributed by atoms with Crippen molar-refractivity contribution >= 4 is 45.9 Å². The molecule has 1 unspecified atom stereocenters. The van der Waals surface area contributed by atoms with Gasteiger partial charge in [-0.25, -0.2) is 0 Å². The molecule has 1 aromatic carbocycles. The molecule has 1 amide bonds. The minimum Gasteiger partial charge on any atom is -0.347 e. The summed E-state index contributed by atoms with van der Waals surface area (Å²) >= 11 is 6.16. The maximum atomic E-state index is 12.2. The van der Waals surface area contributed by atoms with E-state index in [0.717, 1.165) is 26.2 Å². The van der Waals surface area contributed by atoms with Crippen molar-refractivity contribution in [2.45, 2.75) is 24.6 Å². The number of halogens is 1. The van der Waals surface area contributed by atoms with E-state index in [-0.39, 0.29) is 5.91 Å². The number of rotatable bonds is 6. The van der Waals surface area contributed by atoms with Gasteiger partial charge in [0.25, 0.3) is 10.1 Å². The third-order valence-electron chi connectivity index (χ3n) is 4.06. The number of nitrogens with zero attached hydrogens (tertiary/aromatic N) is 2. The minimum absolute atomic E-state index is 0.163. The molecule has 0 aliphatic heterocycles. The van der Waals surface area contributed by atoms with Crippen LogP contribution < -0.4 is 10.0 Å². The van der Waals surface area contributed by atoms with E-state index in [4.69, 9.17) is 11.6 Å². The summed E-state index contributed by atoms with van der Waals surface area (Å²) in [7, 11) is 1.87. The second-order valence-electron chi connectivity index (χ2n) is 5.97. The average molecular weight is 424 g/mol. The first-order chi connectivity index (χ1) is 12.8. The Balaban J connectivity index is 1.60. The van der Waals surface area contributed by atoms with Gasteiger partial charge in [-0.15, -0.1) is 0 Å². The minimum atomic E-state index is -1.14. The van der Waals surface area contributed by atoms with Gasteiger partial charge in [-0.05, 0) is 44.2 Å². The smallest absolute Gasteiger partial charge is 0.314 e. The lowest BCUT2D eigenvalue weighted by atomic mass is 10.2. The van der Waals surface area contributed by atoms with E-state index in [1.54, 1.807) is 28.9 Å². The standard InChI is InChI=1S/C18H19ClN4O2S2/c1-11-17(12(2)23(3)21-11)22-27(25)16-9-8-15(26-16)10-20-18(24)13-4-6-14(19)7-5-13/h4-9,22,25H,10H2,1-3H3/p+1. The number of hydrogen-bond acceptors (Lipinski definition) is 5. The summed E-state index contributed by atoms with van der Waals surface area (Å²) in [6.45, 7) is 4.25. The molecule has 2 aromatic heterocycles. The van der Waals surface area contributed by atoms with E-state index in [1.165, 1.54) is 11.3 Å². The number of anilines is 1. The van der Waals surface area contributed by atoms with E-state index in [0.29, 0.717) is 17.1 Å². The van der Waals surface area contributed by atoms with Gasteiger partial charge in [0.1, 0.15) is 5.69 Å². The van der Waals surface area contributed by atoms with Crippen molar-refractivity contribution < 1.29 is 9.35 Å². The Morgan fingerprint density at radius 1 is 1.26 bits per heavy atom. The third-order valence-corrected chi connectivity index (χ3v) is 6.84. The number of aromatic nitrogens is 2. The van der Waals surface area contributed by atoms with E-state index in [2.05, 4.69) is 15.1 Å². The average Bonchev–Trinajstić information content (AvgIpc) is 3.21. The summed E-state index contributed by atoms with van der Waals surface area (Å²) in [5, 5.41) is 7.81. The molecule has 3 rings (SSSR count). The molecule has 0 saturated carbocycles. The lowest BCUT2D eigenvalue weighted by Gasteiger charge is -2.03. The monoisotopic (exact) mass is 423 g/mol. The fourth-order valence-electron chi connectivity index (χ4n) is 2.50. The topological polar surface area (TPSA) is 79.2 Å². The molecular formula is C18H20ClN4O2S2+. The molecule has 6 nitrogen and oxygen atoms in total. The normalized spacial score (nSPS) is 12.0. The molecule has 1 atom stereocenters. The maximum absolute atomic E-state index is 12.2. The van der Waals surface area contributed by atoms with Crippen molar-refractivity contribution in [2.24, 2.45) is 7.05 Å². The molecule has 3 N–H and O–H groups in total. The van der Waals surface area contributed by atoms with Crippen molar-refractivity contribution in [3.05, 3.63) is 63.2 Å². The molecule has 27 heavy (non-hydrogen) atoms. The molecule has 2 heterocycles. The van der Waals surface area contributed by atoms with Gasteiger partial charge in [-0.2, -0.15) is 14.4 Å². The van der Waals surface area contributed by atoms with Gasteiger partial charge in [0.05, 0.1) is 17.9 Å². The molecule has 0 fully saturated rings. The Morgan fingerprint density at radius 2 is 1.96 bits per heavy atom. The summed E-state index contributed by atoms with van der Waals surface area (Å²) < 4.78 is 16.2. The maximum Gasteiger partial charge on any atom is 0.314 e. The number of carbonyl (C=O) groups is 1. The fraction of sp³-hybridized carbons (Fsp3) is 0.222. The van der Waals surface area contributed by atoms with Gasteiger partial charge in [0.2, 0.25) is 0 Å². The van der Waals surface area contributed by atoms with Crippen LogP contribution in [0.15, 0.2) is 40.6 Å². The second kappa shape index (κ2) is 8.35. The summed E-state index contributed by atoms with van der Waals surface area (Å²) in [5.41, 5.74) is 3.20. The third kappa shape index (κ3) is 4.65. The zero-order valence-corrected chi connectivity index (χ0v) is 17.5. The number of thiophene rings is 1. The van der Waals surface area contributed by atoms with E-state index in [1.807, 2.05) is 33.0 Å². The number of aryl methyl sites for hydroxylation is 2. The van der Waals surface area contributed by atoms with E-state index >= 15 is 0 Å². The number of hydrogen-bond donors (Lipinski definition) is 3. The Morgan fingerprint density at radius 3 is 2.59 bits per heavy atom. The predicted octanol–water partition coefficient (Wildman–Crippen LogP) is 4.16. The van der Waals surface area contributed by atoms with Crippen molar-refractivity contribution in [1.29, 1.82) is 0 Å². The van der Waals surface area contributed by atoms with Gasteiger partial charge in [-0.3, -0.25) is 9.48 Å². The van der Waals surface area contributed by atoms with Crippen LogP contribution in [0.2, 0.25) is 5.02 Å². The van der Waals surface area contributed by atoms with Crippen LogP contribution >= 0.6 is 22.9 Å². The van der Waals surface area contributed by atoms with Gasteiger partial charge in [-0.1, -0.05) is 22.9 Å². The highest BCUT2D eigenvalue weighted by Crippen LogP contribution is 2.27. The van der Waals surface area contributed by atoms with Crippen molar-refractivity contribution in [3.8, 4) is 0 Å². The first-order valence-electron chi connectivity index (χ1n) is 8.18. The quantitative estimate of drug-likeness (QED) is 0.520. The fourth-order valence-corrected chi connectivity index (χ4v) is 4.85. The summed E-state index contributed by atoms with van der Waals surface area (Å²) in [6.07, 6.45) is 0. The molecule has 0 aliphatic carbocycles. The van der Waals surface area contributed by atoms with Crippen LogP contribution in [0.5, 0.6) is 0 Å². The zero-order valence-electron chi connectivity index (χ0n) is 15.1. The van der Waals surface area contributed by atoms with E-state index < -0.39 is 11.4 Å². The van der Waals surface area contributed by atoms with Crippen molar-refractivity contribution in [1.82, 2.24) is 15.1 Å². The molecule has 0 saturated heterocycles. The van der Waals surface area contributed by atoms with Crippen LogP contribution in [0.4, 0.5) is 5.69 Å². The highest BCUT2D eigenvalue weighted by Gasteiger charge is 2.26. The first kappa shape index (κ1) is 19.8. The zero-order chi connectivity index (χ0) is 19.6. The molecule has 0 radical (unpaired) electrons. The summed E-state index contributed by atoms with van der Waals surface area (Å²) in [4.78, 5) is 13.1. The summed E-state index contributed by atoms with van der Waals surface area (Å²) in [5.74, 6) is -0.163. The molecular weight excluding hydrogens is 404 g/mol. The van der Waals surface area contributed by atoms with Crippen LogP contribution in [0, 0.1) is 13.8 Å². The van der Waals surface area contributed by atoms with Crippen LogP contribution in [-0.2, 0) is 25.0 Å². The predicted molar refractivity (Wildman–Crippen MR) is 112 cm³/mol. The van der Waals surface area contributed by atoms with Crippen LogP contribution in [0.3, 0.4) is 0 Å². The van der Waals surface area contributed by atoms with Gasteiger partial charge in [0, 0.05) is 28.6 Å². The molecule has 142 valence electrons. The SMILES string of the molecule is Cc1nn(C)c(C)c1N[S+](O)c1ccc(CNC(=O)c2ccc(Cl)cc2)s1. The lowest BCUT2D eigenvalue weighted by molar-refractivity contribution is 0.0951. The first-order valence-corrected chi connectivity index (χ1v) is 10.6. The Hall–Kier alpha value is -2.00. The largest absolute Gasteiger partial charge is 0.347 e. The number of benzene rings is 1. The second-order valence-corrected chi connectivity index (χ2v) is 9.04. The highest BCUT2D eigenvalue weighted by atomic mass is 35.5. The number of carbonyl (C=O) groups excluding carboxylic acids is 1. The number of amides is 1. The molecule has 9 heteroatoms.